The topological polar surface area (TPSA) is 98.7 Å². The highest BCUT2D eigenvalue weighted by molar-refractivity contribution is 5.75. The van der Waals surface area contributed by atoms with Gasteiger partial charge in [-0.3, -0.25) is 4.79 Å². The smallest absolute Gasteiger partial charge is 0.315 e. The van der Waals surface area contributed by atoms with Gasteiger partial charge in [0.15, 0.2) is 0 Å². The first-order valence-electron chi connectivity index (χ1n) is 19.2. The third-order valence-electron chi connectivity index (χ3n) is 15.8. The number of aliphatic carboxylic acids is 1. The van der Waals surface area contributed by atoms with E-state index in [-0.39, 0.29) is 45.8 Å². The van der Waals surface area contributed by atoms with E-state index in [9.17, 15) is 14.7 Å². The van der Waals surface area contributed by atoms with Crippen LogP contribution in [0.3, 0.4) is 0 Å². The second kappa shape index (κ2) is 13.4. The second-order valence-electron chi connectivity index (χ2n) is 18.2. The number of fused-ring (bicyclic) bond motifs is 7. The van der Waals surface area contributed by atoms with Crippen molar-refractivity contribution in [1.82, 2.24) is 10.6 Å². The van der Waals surface area contributed by atoms with Gasteiger partial charge in [0.05, 0.1) is 6.10 Å². The molecule has 0 spiro atoms. The van der Waals surface area contributed by atoms with E-state index < -0.39 is 5.97 Å². The zero-order chi connectivity index (χ0) is 33.5. The molecule has 5 saturated carbocycles. The van der Waals surface area contributed by atoms with Gasteiger partial charge in [0.1, 0.15) is 0 Å². The van der Waals surface area contributed by atoms with E-state index in [0.717, 1.165) is 77.0 Å². The Morgan fingerprint density at radius 1 is 0.761 bits per heavy atom. The first kappa shape index (κ1) is 35.7. The highest BCUT2D eigenvalue weighted by Crippen LogP contribution is 2.76. The van der Waals surface area contributed by atoms with Crippen molar-refractivity contribution in [3.63, 3.8) is 0 Å². The average Bonchev–Trinajstić information content (AvgIpc) is 3.36. The quantitative estimate of drug-likeness (QED) is 0.126. The van der Waals surface area contributed by atoms with Crippen molar-refractivity contribution in [2.45, 2.75) is 169 Å². The molecular formula is C40H68N2O4. The molecule has 1 unspecified atom stereocenters. The van der Waals surface area contributed by atoms with E-state index >= 15 is 0 Å². The molecule has 5 aliphatic rings. The molecule has 0 aromatic rings. The van der Waals surface area contributed by atoms with Crippen molar-refractivity contribution in [3.05, 3.63) is 12.2 Å². The number of aliphatic hydroxyl groups is 1. The molecule has 6 heteroatoms. The molecule has 2 amide bonds. The molecule has 0 aromatic carbocycles. The minimum Gasteiger partial charge on any atom is -0.481 e. The lowest BCUT2D eigenvalue weighted by Gasteiger charge is -2.73. The van der Waals surface area contributed by atoms with E-state index in [2.05, 4.69) is 58.8 Å². The lowest BCUT2D eigenvalue weighted by Crippen LogP contribution is -2.69. The fraction of sp³-hybridized carbons (Fsp3) is 0.900. The second-order valence-corrected chi connectivity index (χ2v) is 18.2. The molecular weight excluding hydrogens is 572 g/mol. The lowest BCUT2D eigenvalue weighted by atomic mass is 9.32. The largest absolute Gasteiger partial charge is 0.481 e. The van der Waals surface area contributed by atoms with Crippen LogP contribution in [0.15, 0.2) is 12.2 Å². The molecule has 262 valence electrons. The molecule has 0 heterocycles. The molecule has 0 bridgehead atoms. The van der Waals surface area contributed by atoms with Crippen LogP contribution in [0.2, 0.25) is 0 Å². The monoisotopic (exact) mass is 641 g/mol. The Morgan fingerprint density at radius 2 is 1.43 bits per heavy atom. The average molecular weight is 641 g/mol. The minimum absolute atomic E-state index is 0.0144. The summed E-state index contributed by atoms with van der Waals surface area (Å²) >= 11 is 0. The Labute approximate surface area is 280 Å². The fourth-order valence-corrected chi connectivity index (χ4v) is 13.1. The standard InChI is InChI=1S/C40H68N2O4/c1-27(2)28-18-23-40(42-35(46)41-26-14-12-10-8-9-11-13-15-33(44)45)25-24-38(6)29(34(28)40)16-17-31-37(5)21-20-32(43)36(3,4)30(37)19-22-39(31,38)7/h28-32,34,43H,1,8-26H2,2-7H3,(H,44,45)(H2,41,42,46)/t28-,29+,30-,31?,32-,34+,37-,38+,39+,40-/m0/s1. The zero-order valence-corrected chi connectivity index (χ0v) is 30.3. The Morgan fingerprint density at radius 3 is 2.11 bits per heavy atom. The van der Waals surface area contributed by atoms with Crippen LogP contribution in [0, 0.1) is 51.2 Å². The molecule has 5 aliphatic carbocycles. The minimum atomic E-state index is -0.700. The maximum Gasteiger partial charge on any atom is 0.315 e. The van der Waals surface area contributed by atoms with Crippen LogP contribution in [0.1, 0.15) is 157 Å². The van der Waals surface area contributed by atoms with Crippen LogP contribution in [0.4, 0.5) is 4.79 Å². The first-order valence-corrected chi connectivity index (χ1v) is 19.2. The maximum absolute atomic E-state index is 13.5. The van der Waals surface area contributed by atoms with Crippen molar-refractivity contribution in [3.8, 4) is 0 Å². The number of rotatable bonds is 12. The van der Waals surface area contributed by atoms with E-state index in [1.54, 1.807) is 0 Å². The van der Waals surface area contributed by atoms with Gasteiger partial charge in [0, 0.05) is 18.5 Å². The molecule has 46 heavy (non-hydrogen) atoms. The molecule has 5 rings (SSSR count). The third-order valence-corrected chi connectivity index (χ3v) is 15.8. The highest BCUT2D eigenvalue weighted by Gasteiger charge is 2.71. The van der Waals surface area contributed by atoms with E-state index in [1.165, 1.54) is 37.7 Å². The summed E-state index contributed by atoms with van der Waals surface area (Å²) < 4.78 is 0. The number of carbonyl (C=O) groups excluding carboxylic acids is 1. The number of aliphatic hydroxyl groups excluding tert-OH is 1. The summed E-state index contributed by atoms with van der Waals surface area (Å²) in [6.45, 7) is 20.1. The SMILES string of the molecule is C=C(C)[C@@H]1CC[C@]2(NC(=O)NCCCCCCCCCC(=O)O)CC[C@]3(C)[C@H](CCC4[C@@]5(C)CC[C@H](O)C(C)(C)[C@@H]5CC[C@]43C)[C@@H]12. The van der Waals surface area contributed by atoms with Crippen LogP contribution in [0.5, 0.6) is 0 Å². The molecule has 0 saturated heterocycles. The Balaban J connectivity index is 1.24. The van der Waals surface area contributed by atoms with Crippen molar-refractivity contribution in [2.75, 3.05) is 6.54 Å². The van der Waals surface area contributed by atoms with Gasteiger partial charge in [0.2, 0.25) is 0 Å². The molecule has 0 radical (unpaired) electrons. The van der Waals surface area contributed by atoms with E-state index in [4.69, 9.17) is 5.11 Å². The van der Waals surface area contributed by atoms with Crippen molar-refractivity contribution in [2.24, 2.45) is 51.2 Å². The summed E-state index contributed by atoms with van der Waals surface area (Å²) in [7, 11) is 0. The maximum atomic E-state index is 13.5. The fourth-order valence-electron chi connectivity index (χ4n) is 13.1. The molecule has 4 N–H and O–H groups in total. The number of unbranched alkanes of at least 4 members (excludes halogenated alkanes) is 6. The highest BCUT2D eigenvalue weighted by atomic mass is 16.4. The Hall–Kier alpha value is -1.56. The van der Waals surface area contributed by atoms with Gasteiger partial charge in [-0.1, -0.05) is 78.9 Å². The zero-order valence-electron chi connectivity index (χ0n) is 30.3. The predicted octanol–water partition coefficient (Wildman–Crippen LogP) is 9.26. The molecule has 0 aliphatic heterocycles. The van der Waals surface area contributed by atoms with Crippen LogP contribution in [0.25, 0.3) is 0 Å². The van der Waals surface area contributed by atoms with Crippen molar-refractivity contribution >= 4 is 12.0 Å². The number of hydrogen-bond acceptors (Lipinski definition) is 3. The summed E-state index contributed by atoms with van der Waals surface area (Å²) in [4.78, 5) is 24.2. The number of nitrogens with one attached hydrogen (secondary N) is 2. The van der Waals surface area contributed by atoms with Crippen LogP contribution in [-0.4, -0.2) is 40.4 Å². The molecule has 0 aromatic heterocycles. The Bertz CT molecular complexity index is 1140. The summed E-state index contributed by atoms with van der Waals surface area (Å²) in [6, 6.07) is 0.0144. The van der Waals surface area contributed by atoms with Gasteiger partial charge in [0.25, 0.3) is 0 Å². The van der Waals surface area contributed by atoms with Crippen LogP contribution in [-0.2, 0) is 4.79 Å². The normalized spacial score (nSPS) is 42.6. The number of urea groups is 1. The van der Waals surface area contributed by atoms with Gasteiger partial charge in [-0.25, -0.2) is 4.79 Å². The van der Waals surface area contributed by atoms with Gasteiger partial charge in [-0.05, 0) is 135 Å². The Kier molecular flexibility index (Phi) is 10.4. The summed E-state index contributed by atoms with van der Waals surface area (Å²) in [5.74, 6) is 2.07. The number of hydrogen-bond donors (Lipinski definition) is 4. The van der Waals surface area contributed by atoms with Crippen molar-refractivity contribution in [1.29, 1.82) is 0 Å². The number of amides is 2. The number of carboxylic acids is 1. The lowest BCUT2D eigenvalue weighted by molar-refractivity contribution is -0.243. The van der Waals surface area contributed by atoms with Gasteiger partial charge >= 0.3 is 12.0 Å². The number of carbonyl (C=O) groups is 2. The molecule has 6 nitrogen and oxygen atoms in total. The van der Waals surface area contributed by atoms with Crippen LogP contribution >= 0.6 is 0 Å². The number of allylic oxidation sites excluding steroid dienone is 1. The summed E-state index contributed by atoms with van der Waals surface area (Å²) in [5.41, 5.74) is 1.92. The summed E-state index contributed by atoms with van der Waals surface area (Å²) in [5, 5.41) is 26.7. The molecule has 10 atom stereocenters. The predicted molar refractivity (Wildman–Crippen MR) is 186 cm³/mol. The van der Waals surface area contributed by atoms with Gasteiger partial charge in [-0.2, -0.15) is 0 Å². The van der Waals surface area contributed by atoms with Gasteiger partial charge < -0.3 is 20.8 Å². The summed E-state index contributed by atoms with van der Waals surface area (Å²) in [6.07, 6.45) is 18.8. The van der Waals surface area contributed by atoms with E-state index in [1.807, 2.05) is 0 Å². The first-order chi connectivity index (χ1) is 21.6. The number of carboxylic acid groups (broad SMARTS) is 1. The van der Waals surface area contributed by atoms with Crippen LogP contribution < -0.4 is 10.6 Å². The third kappa shape index (κ3) is 6.09. The molecule has 5 fully saturated rings. The van der Waals surface area contributed by atoms with E-state index in [0.29, 0.717) is 36.1 Å². The van der Waals surface area contributed by atoms with Crippen molar-refractivity contribution < 1.29 is 19.8 Å². The van der Waals surface area contributed by atoms with Gasteiger partial charge in [-0.15, -0.1) is 0 Å².